The van der Waals surface area contributed by atoms with E-state index in [0.29, 0.717) is 0 Å². The number of nitrogens with zero attached hydrogens (tertiary/aromatic N) is 1. The maximum absolute atomic E-state index is 12.0. The molecule has 2 rings (SSSR count). The van der Waals surface area contributed by atoms with Gasteiger partial charge in [0.15, 0.2) is 0 Å². The number of nitrogens with one attached hydrogen (secondary N) is 1. The van der Waals surface area contributed by atoms with Crippen LogP contribution in [0.15, 0.2) is 48.5 Å². The van der Waals surface area contributed by atoms with Crippen molar-refractivity contribution >= 4 is 75.9 Å². The molecule has 159 valence electrons. The Bertz CT molecular complexity index is 754. The SMILES string of the molecule is CCc1cccc(CC)c1N(COC)C(=O)CCl.O=C(CCl)Nc1ccccc1.[Na]. The predicted octanol–water partition coefficient (Wildman–Crippen LogP) is 4.47. The average molecular weight is 462 g/mol. The van der Waals surface area contributed by atoms with Gasteiger partial charge in [-0.15, -0.1) is 23.2 Å². The first-order chi connectivity index (χ1) is 14.0. The minimum absolute atomic E-state index is 0. The van der Waals surface area contributed by atoms with E-state index in [-0.39, 0.29) is 59.9 Å². The summed E-state index contributed by atoms with van der Waals surface area (Å²) in [6, 6.07) is 15.3. The number of carbonyl (C=O) groups is 2. The molecule has 0 fully saturated rings. The molecule has 2 amide bonds. The first kappa shape index (κ1) is 28.9. The fourth-order valence-corrected chi connectivity index (χ4v) is 2.95. The third kappa shape index (κ3) is 9.38. The molecule has 0 aliphatic heterocycles. The molecule has 2 aromatic rings. The van der Waals surface area contributed by atoms with E-state index in [1.165, 1.54) is 0 Å². The molecule has 0 saturated carbocycles. The molecule has 5 nitrogen and oxygen atoms in total. The van der Waals surface area contributed by atoms with Crippen LogP contribution in [0.3, 0.4) is 0 Å². The molecule has 0 heterocycles. The number of carbonyl (C=O) groups excluding carboxylic acids is 2. The standard InChI is InChI=1S/C14H20ClNO2.C8H8ClNO.Na/c1-4-11-7-6-8-12(5-2)14(11)16(10-18-3)13(17)9-15;9-6-8(11)10-7-4-2-1-3-5-7;/h6-8H,4-5,9-10H2,1-3H3;1-5H,6H2,(H,10,11);. The molecule has 0 saturated heterocycles. The number of amides is 2. The topological polar surface area (TPSA) is 58.6 Å². The summed E-state index contributed by atoms with van der Waals surface area (Å²) in [5, 5.41) is 2.62. The fourth-order valence-electron chi connectivity index (χ4n) is 2.74. The van der Waals surface area contributed by atoms with E-state index in [4.69, 9.17) is 27.9 Å². The number of hydrogen-bond donors (Lipinski definition) is 1. The van der Waals surface area contributed by atoms with E-state index >= 15 is 0 Å². The van der Waals surface area contributed by atoms with E-state index in [0.717, 1.165) is 35.3 Å². The van der Waals surface area contributed by atoms with Crippen molar-refractivity contribution in [2.45, 2.75) is 26.7 Å². The molecule has 1 radical (unpaired) electrons. The summed E-state index contributed by atoms with van der Waals surface area (Å²) in [7, 11) is 1.58. The van der Waals surface area contributed by atoms with Crippen molar-refractivity contribution < 1.29 is 14.3 Å². The van der Waals surface area contributed by atoms with Crippen molar-refractivity contribution in [1.29, 1.82) is 0 Å². The molecule has 0 bridgehead atoms. The molecule has 0 atom stereocenters. The Labute approximate surface area is 211 Å². The number of hydrogen-bond acceptors (Lipinski definition) is 3. The van der Waals surface area contributed by atoms with Gasteiger partial charge in [0.05, 0.1) is 5.69 Å². The normalized spacial score (nSPS) is 9.63. The summed E-state index contributed by atoms with van der Waals surface area (Å²) in [6.07, 6.45) is 1.75. The minimum atomic E-state index is -0.183. The average Bonchev–Trinajstić information content (AvgIpc) is 2.77. The second-order valence-electron chi connectivity index (χ2n) is 6.05. The molecule has 8 heteroatoms. The van der Waals surface area contributed by atoms with Gasteiger partial charge in [-0.05, 0) is 36.1 Å². The van der Waals surface area contributed by atoms with E-state index in [9.17, 15) is 9.59 Å². The molecule has 0 unspecified atom stereocenters. The van der Waals surface area contributed by atoms with Gasteiger partial charge < -0.3 is 10.1 Å². The summed E-state index contributed by atoms with van der Waals surface area (Å²) in [6.45, 7) is 4.39. The number of halogens is 2. The Morgan fingerprint density at radius 3 is 1.93 bits per heavy atom. The van der Waals surface area contributed by atoms with E-state index < -0.39 is 0 Å². The van der Waals surface area contributed by atoms with Gasteiger partial charge in [-0.3, -0.25) is 14.5 Å². The van der Waals surface area contributed by atoms with Gasteiger partial charge in [0.1, 0.15) is 18.5 Å². The van der Waals surface area contributed by atoms with Crippen LogP contribution in [0.1, 0.15) is 25.0 Å². The van der Waals surface area contributed by atoms with Crippen LogP contribution in [-0.4, -0.2) is 67.0 Å². The van der Waals surface area contributed by atoms with Crippen molar-refractivity contribution in [3.8, 4) is 0 Å². The zero-order valence-electron chi connectivity index (χ0n) is 18.1. The van der Waals surface area contributed by atoms with Crippen LogP contribution in [0.4, 0.5) is 11.4 Å². The van der Waals surface area contributed by atoms with Crippen LogP contribution < -0.4 is 10.2 Å². The molecule has 0 aromatic heterocycles. The summed E-state index contributed by atoms with van der Waals surface area (Å²) in [4.78, 5) is 24.3. The quantitative estimate of drug-likeness (QED) is 0.358. The van der Waals surface area contributed by atoms with Crippen molar-refractivity contribution in [2.24, 2.45) is 0 Å². The molecule has 0 spiro atoms. The van der Waals surface area contributed by atoms with Crippen molar-refractivity contribution in [3.05, 3.63) is 59.7 Å². The van der Waals surface area contributed by atoms with Gasteiger partial charge in [0.2, 0.25) is 11.8 Å². The maximum Gasteiger partial charge on any atom is 0.243 e. The van der Waals surface area contributed by atoms with Crippen LogP contribution >= 0.6 is 23.2 Å². The van der Waals surface area contributed by atoms with Crippen LogP contribution in [0.25, 0.3) is 0 Å². The predicted molar refractivity (Wildman–Crippen MR) is 127 cm³/mol. The molecule has 30 heavy (non-hydrogen) atoms. The molecule has 1 N–H and O–H groups in total. The minimum Gasteiger partial charge on any atom is -0.364 e. The molecule has 0 aliphatic rings. The molecular formula is C22H28Cl2N2NaO3. The number of para-hydroxylation sites is 2. The van der Waals surface area contributed by atoms with E-state index in [1.807, 2.05) is 48.5 Å². The number of rotatable bonds is 8. The molecule has 0 aliphatic carbocycles. The Balaban J connectivity index is 0.000000603. The number of aryl methyl sites for hydroxylation is 2. The van der Waals surface area contributed by atoms with Gasteiger partial charge in [0, 0.05) is 42.4 Å². The van der Waals surface area contributed by atoms with Crippen LogP contribution in [0.2, 0.25) is 0 Å². The van der Waals surface area contributed by atoms with E-state index in [1.54, 1.807) is 12.0 Å². The number of anilines is 2. The zero-order valence-corrected chi connectivity index (χ0v) is 21.6. The largest absolute Gasteiger partial charge is 0.364 e. The Morgan fingerprint density at radius 2 is 1.50 bits per heavy atom. The summed E-state index contributed by atoms with van der Waals surface area (Å²) in [5.41, 5.74) is 4.02. The van der Waals surface area contributed by atoms with Gasteiger partial charge in [-0.25, -0.2) is 0 Å². The third-order valence-corrected chi connectivity index (χ3v) is 4.56. The van der Waals surface area contributed by atoms with Gasteiger partial charge in [-0.1, -0.05) is 50.2 Å². The Hall–Kier alpha value is -1.08. The van der Waals surface area contributed by atoms with Crippen LogP contribution in [0, 0.1) is 0 Å². The Kier molecular flexibility index (Phi) is 16.0. The number of alkyl halides is 2. The second-order valence-corrected chi connectivity index (χ2v) is 6.59. The summed E-state index contributed by atoms with van der Waals surface area (Å²) < 4.78 is 5.13. The van der Waals surface area contributed by atoms with Crippen LogP contribution in [0.5, 0.6) is 0 Å². The zero-order chi connectivity index (χ0) is 21.6. The summed E-state index contributed by atoms with van der Waals surface area (Å²) >= 11 is 11.0. The molecular weight excluding hydrogens is 434 g/mol. The third-order valence-electron chi connectivity index (χ3n) is 4.09. The monoisotopic (exact) mass is 461 g/mol. The first-order valence-corrected chi connectivity index (χ1v) is 10.5. The van der Waals surface area contributed by atoms with Crippen LogP contribution in [-0.2, 0) is 27.2 Å². The summed E-state index contributed by atoms with van der Waals surface area (Å²) in [5.74, 6) is -0.355. The molecule has 2 aromatic carbocycles. The van der Waals surface area contributed by atoms with Crippen molar-refractivity contribution in [1.82, 2.24) is 0 Å². The first-order valence-electron chi connectivity index (χ1n) is 9.39. The van der Waals surface area contributed by atoms with Gasteiger partial charge in [0.25, 0.3) is 0 Å². The van der Waals surface area contributed by atoms with Gasteiger partial charge >= 0.3 is 0 Å². The van der Waals surface area contributed by atoms with Gasteiger partial charge in [-0.2, -0.15) is 0 Å². The number of methoxy groups -OCH3 is 1. The number of benzene rings is 2. The smallest absolute Gasteiger partial charge is 0.243 e. The number of ether oxygens (including phenoxy) is 1. The maximum atomic E-state index is 12.0. The van der Waals surface area contributed by atoms with Crippen molar-refractivity contribution in [2.75, 3.05) is 35.8 Å². The second kappa shape index (κ2) is 16.6. The van der Waals surface area contributed by atoms with E-state index in [2.05, 4.69) is 19.2 Å². The Morgan fingerprint density at radius 1 is 0.933 bits per heavy atom. The van der Waals surface area contributed by atoms with Crippen molar-refractivity contribution in [3.63, 3.8) is 0 Å². The fraction of sp³-hybridized carbons (Fsp3) is 0.364.